The van der Waals surface area contributed by atoms with Crippen LogP contribution in [0.25, 0.3) is 0 Å². The van der Waals surface area contributed by atoms with Crippen molar-refractivity contribution >= 4 is 27.3 Å². The molecule has 1 saturated carbocycles. The highest BCUT2D eigenvalue weighted by molar-refractivity contribution is 7.94. The fourth-order valence-corrected chi connectivity index (χ4v) is 6.88. The number of nitrogens with zero attached hydrogens (tertiary/aromatic N) is 2. The fourth-order valence-electron chi connectivity index (χ4n) is 5.21. The van der Waals surface area contributed by atoms with Gasteiger partial charge >= 0.3 is 0 Å². The van der Waals surface area contributed by atoms with Crippen LogP contribution in [-0.2, 0) is 19.4 Å². The molecule has 1 fully saturated rings. The van der Waals surface area contributed by atoms with Crippen molar-refractivity contribution in [3.63, 3.8) is 0 Å². The summed E-state index contributed by atoms with van der Waals surface area (Å²) in [6.07, 6.45) is 6.82. The van der Waals surface area contributed by atoms with Crippen molar-refractivity contribution in [2.75, 3.05) is 25.2 Å². The average Bonchev–Trinajstić information content (AvgIpc) is 2.78. The molecular weight excluding hydrogens is 452 g/mol. The second-order valence-electron chi connectivity index (χ2n) is 10.4. The summed E-state index contributed by atoms with van der Waals surface area (Å²) < 4.78 is 30.4. The molecule has 34 heavy (non-hydrogen) atoms. The molecule has 190 valence electrons. The molecule has 0 atom stereocenters. The van der Waals surface area contributed by atoms with Gasteiger partial charge in [-0.15, -0.1) is 0 Å². The number of anilines is 1. The summed E-state index contributed by atoms with van der Waals surface area (Å²) in [5, 5.41) is 0. The van der Waals surface area contributed by atoms with Crippen molar-refractivity contribution in [3.05, 3.63) is 23.3 Å². The van der Waals surface area contributed by atoms with Gasteiger partial charge in [0.25, 0.3) is 5.91 Å². The van der Waals surface area contributed by atoms with Gasteiger partial charge < -0.3 is 14.5 Å². The number of ether oxygens (including phenoxy) is 1. The minimum atomic E-state index is -3.90. The van der Waals surface area contributed by atoms with E-state index in [9.17, 15) is 18.0 Å². The van der Waals surface area contributed by atoms with Crippen molar-refractivity contribution in [2.45, 2.75) is 101 Å². The molecule has 1 aliphatic carbocycles. The third kappa shape index (κ3) is 4.76. The van der Waals surface area contributed by atoms with Crippen LogP contribution in [0.2, 0.25) is 0 Å². The second kappa shape index (κ2) is 10.4. The van der Waals surface area contributed by atoms with E-state index in [-0.39, 0.29) is 22.9 Å². The third-order valence-corrected chi connectivity index (χ3v) is 9.71. The van der Waals surface area contributed by atoms with Gasteiger partial charge in [0, 0.05) is 37.9 Å². The van der Waals surface area contributed by atoms with E-state index in [2.05, 4.69) is 0 Å². The molecule has 0 spiro atoms. The van der Waals surface area contributed by atoms with Crippen LogP contribution in [0, 0.1) is 6.92 Å². The monoisotopic (exact) mass is 492 g/mol. The maximum atomic E-state index is 13.8. The minimum absolute atomic E-state index is 0.0282. The van der Waals surface area contributed by atoms with Gasteiger partial charge in [-0.25, -0.2) is 8.42 Å². The average molecular weight is 493 g/mol. The highest BCUT2D eigenvalue weighted by atomic mass is 32.2. The molecule has 0 bridgehead atoms. The van der Waals surface area contributed by atoms with Crippen LogP contribution in [0.3, 0.4) is 0 Å². The summed E-state index contributed by atoms with van der Waals surface area (Å²) in [6, 6.07) is 3.45. The first-order valence-corrected chi connectivity index (χ1v) is 14.0. The third-order valence-electron chi connectivity index (χ3n) is 7.29. The Kier molecular flexibility index (Phi) is 8.13. The lowest BCUT2D eigenvalue weighted by Gasteiger charge is -2.40. The first kappa shape index (κ1) is 26.7. The highest BCUT2D eigenvalue weighted by Crippen LogP contribution is 2.42. The van der Waals surface area contributed by atoms with E-state index in [4.69, 9.17) is 4.74 Å². The van der Waals surface area contributed by atoms with Crippen molar-refractivity contribution in [3.8, 4) is 0 Å². The summed E-state index contributed by atoms with van der Waals surface area (Å²) in [6.45, 7) is 9.72. The zero-order valence-electron chi connectivity index (χ0n) is 21.5. The molecular formula is C26H40N2O5S. The molecule has 1 heterocycles. The number of rotatable bonds is 8. The molecule has 1 aromatic carbocycles. The number of unbranched alkanes of at least 4 members (excludes halogenated alkanes) is 1. The van der Waals surface area contributed by atoms with Crippen molar-refractivity contribution in [2.24, 2.45) is 0 Å². The Morgan fingerprint density at radius 1 is 1.18 bits per heavy atom. The number of sulfone groups is 1. The topological polar surface area (TPSA) is 84.0 Å². The largest absolute Gasteiger partial charge is 0.385 e. The maximum Gasteiger partial charge on any atom is 0.254 e. The summed E-state index contributed by atoms with van der Waals surface area (Å²) in [5.41, 5.74) is 1.42. The van der Waals surface area contributed by atoms with E-state index in [0.29, 0.717) is 36.4 Å². The Labute approximate surface area is 204 Å². The van der Waals surface area contributed by atoms with Gasteiger partial charge in [-0.05, 0) is 78.0 Å². The maximum absolute atomic E-state index is 13.8. The van der Waals surface area contributed by atoms with Gasteiger partial charge in [0.05, 0.1) is 10.6 Å². The molecule has 0 aromatic heterocycles. The van der Waals surface area contributed by atoms with Crippen LogP contribution in [-0.4, -0.2) is 62.2 Å². The molecule has 0 unspecified atom stereocenters. The number of hydrogen-bond donors (Lipinski definition) is 0. The van der Waals surface area contributed by atoms with E-state index < -0.39 is 20.5 Å². The van der Waals surface area contributed by atoms with E-state index in [0.717, 1.165) is 32.1 Å². The van der Waals surface area contributed by atoms with Gasteiger partial charge in [0.1, 0.15) is 4.75 Å². The summed E-state index contributed by atoms with van der Waals surface area (Å²) in [4.78, 5) is 30.8. The quantitative estimate of drug-likeness (QED) is 0.499. The molecule has 2 aliphatic rings. The van der Waals surface area contributed by atoms with Gasteiger partial charge in [-0.3, -0.25) is 9.59 Å². The van der Waals surface area contributed by atoms with E-state index in [1.165, 1.54) is 20.3 Å². The Morgan fingerprint density at radius 3 is 2.41 bits per heavy atom. The number of amides is 2. The highest BCUT2D eigenvalue weighted by Gasteiger charge is 2.51. The van der Waals surface area contributed by atoms with E-state index in [1.54, 1.807) is 31.1 Å². The lowest BCUT2D eigenvalue weighted by atomic mass is 9.92. The summed E-state index contributed by atoms with van der Waals surface area (Å²) >= 11 is 0. The Balaban J connectivity index is 2.08. The molecule has 1 aliphatic heterocycles. The van der Waals surface area contributed by atoms with Gasteiger partial charge in [-0.2, -0.15) is 0 Å². The predicted molar refractivity (Wildman–Crippen MR) is 134 cm³/mol. The standard InChI is InChI=1S/C26H40N2O5S/c1-18(2)28(20-12-8-7-9-13-20)24(29)21-17-22-23(16-19(21)3)34(31,32)26(4,5)25(30)27(22)14-10-11-15-33-6/h16-18,20H,7-15H2,1-6H3. The van der Waals surface area contributed by atoms with Crippen molar-refractivity contribution in [1.82, 2.24) is 4.90 Å². The molecule has 8 heteroatoms. The van der Waals surface area contributed by atoms with Crippen LogP contribution in [0.4, 0.5) is 5.69 Å². The molecule has 3 rings (SSSR count). The Bertz CT molecular complexity index is 1030. The van der Waals surface area contributed by atoms with Crippen molar-refractivity contribution in [1.29, 1.82) is 0 Å². The zero-order valence-corrected chi connectivity index (χ0v) is 22.3. The molecule has 0 radical (unpaired) electrons. The normalized spacial score (nSPS) is 19.9. The van der Waals surface area contributed by atoms with Gasteiger partial charge in [0.15, 0.2) is 9.84 Å². The predicted octanol–water partition coefficient (Wildman–Crippen LogP) is 4.50. The van der Waals surface area contributed by atoms with Crippen molar-refractivity contribution < 1.29 is 22.7 Å². The number of benzene rings is 1. The zero-order chi connectivity index (χ0) is 25.3. The molecule has 0 N–H and O–H groups in total. The molecule has 2 amide bonds. The molecule has 0 saturated heterocycles. The minimum Gasteiger partial charge on any atom is -0.385 e. The van der Waals surface area contributed by atoms with Crippen LogP contribution in [0.1, 0.15) is 88.6 Å². The van der Waals surface area contributed by atoms with Crippen LogP contribution >= 0.6 is 0 Å². The number of fused-ring (bicyclic) bond motifs is 1. The Morgan fingerprint density at radius 2 is 1.82 bits per heavy atom. The van der Waals surface area contributed by atoms with Gasteiger partial charge in [-0.1, -0.05) is 19.3 Å². The van der Waals surface area contributed by atoms with E-state index in [1.807, 2.05) is 18.7 Å². The van der Waals surface area contributed by atoms with E-state index >= 15 is 0 Å². The number of carbonyl (C=O) groups excluding carboxylic acids is 2. The summed E-state index contributed by atoms with van der Waals surface area (Å²) in [7, 11) is -2.27. The first-order chi connectivity index (χ1) is 15.9. The molecule has 1 aromatic rings. The lowest BCUT2D eigenvalue weighted by Crippen LogP contribution is -2.54. The van der Waals surface area contributed by atoms with Crippen LogP contribution in [0.5, 0.6) is 0 Å². The number of methoxy groups -OCH3 is 1. The Hall–Kier alpha value is -1.93. The molecule has 7 nitrogen and oxygen atoms in total. The van der Waals surface area contributed by atoms with Gasteiger partial charge in [0.2, 0.25) is 5.91 Å². The lowest BCUT2D eigenvalue weighted by molar-refractivity contribution is -0.120. The number of hydrogen-bond acceptors (Lipinski definition) is 5. The summed E-state index contributed by atoms with van der Waals surface area (Å²) in [5.74, 6) is -0.538. The first-order valence-electron chi connectivity index (χ1n) is 12.5. The smallest absolute Gasteiger partial charge is 0.254 e. The number of aryl methyl sites for hydroxylation is 1. The van der Waals surface area contributed by atoms with Crippen LogP contribution < -0.4 is 4.90 Å². The van der Waals surface area contributed by atoms with Crippen LogP contribution in [0.15, 0.2) is 17.0 Å². The second-order valence-corrected chi connectivity index (χ2v) is 12.9. The SMILES string of the molecule is COCCCCN1C(=O)C(C)(C)S(=O)(=O)c2cc(C)c(C(=O)N(C(C)C)C3CCCCC3)cc21. The fraction of sp³-hybridized carbons (Fsp3) is 0.692. The number of carbonyl (C=O) groups is 2.